The molecule has 0 unspecified atom stereocenters. The molecule has 1 N–H and O–H groups in total. The third kappa shape index (κ3) is 4.25. The minimum absolute atomic E-state index is 0.301. The van der Waals surface area contributed by atoms with E-state index in [0.29, 0.717) is 28.6 Å². The molecule has 0 saturated heterocycles. The molecule has 0 bridgehead atoms. The lowest BCUT2D eigenvalue weighted by atomic mass is 10.1. The summed E-state index contributed by atoms with van der Waals surface area (Å²) in [6, 6.07) is 18.8. The zero-order valence-electron chi connectivity index (χ0n) is 17.5. The Hall–Kier alpha value is -4.13. The van der Waals surface area contributed by atoms with Gasteiger partial charge in [-0.3, -0.25) is 4.79 Å². The largest absolute Gasteiger partial charge is 0.493 e. The van der Waals surface area contributed by atoms with E-state index in [4.69, 9.17) is 14.6 Å². The van der Waals surface area contributed by atoms with Crippen molar-refractivity contribution in [1.29, 1.82) is 0 Å². The van der Waals surface area contributed by atoms with E-state index in [-0.39, 0.29) is 5.91 Å². The number of nitrogens with one attached hydrogen (secondary N) is 1. The predicted octanol–water partition coefficient (Wildman–Crippen LogP) is 4.51. The number of amides is 1. The number of carbonyl (C=O) groups is 1. The fourth-order valence-corrected chi connectivity index (χ4v) is 3.24. The summed E-state index contributed by atoms with van der Waals surface area (Å²) in [5.74, 6) is 1.34. The number of hydrogen-bond donors (Lipinski definition) is 1. The summed E-state index contributed by atoms with van der Waals surface area (Å²) in [4.78, 5) is 17.4. The van der Waals surface area contributed by atoms with Crippen LogP contribution in [-0.2, 0) is 0 Å². The number of pyridine rings is 1. The SMILES string of the molecule is COc1ccc(-c2nn(-c3ccccc3)cc2C(=O)Nc2cc(C)ccn2)cc1OC. The predicted molar refractivity (Wildman–Crippen MR) is 119 cm³/mol. The molecule has 2 aromatic carbocycles. The topological polar surface area (TPSA) is 78.3 Å². The van der Waals surface area contributed by atoms with E-state index in [9.17, 15) is 4.79 Å². The van der Waals surface area contributed by atoms with Gasteiger partial charge in [-0.25, -0.2) is 9.67 Å². The van der Waals surface area contributed by atoms with Gasteiger partial charge in [0.05, 0.1) is 25.5 Å². The van der Waals surface area contributed by atoms with Gasteiger partial charge in [-0.15, -0.1) is 0 Å². The van der Waals surface area contributed by atoms with Crippen LogP contribution in [0.5, 0.6) is 11.5 Å². The molecular formula is C24H22N4O3. The Labute approximate surface area is 180 Å². The molecule has 31 heavy (non-hydrogen) atoms. The number of hydrogen-bond acceptors (Lipinski definition) is 5. The Morgan fingerprint density at radius 2 is 1.74 bits per heavy atom. The van der Waals surface area contributed by atoms with E-state index in [1.165, 1.54) is 0 Å². The minimum Gasteiger partial charge on any atom is -0.493 e. The van der Waals surface area contributed by atoms with Crippen molar-refractivity contribution in [2.75, 3.05) is 19.5 Å². The normalized spacial score (nSPS) is 10.5. The van der Waals surface area contributed by atoms with Gasteiger partial charge in [-0.2, -0.15) is 5.10 Å². The van der Waals surface area contributed by atoms with Gasteiger partial charge in [0, 0.05) is 18.0 Å². The molecule has 7 nitrogen and oxygen atoms in total. The Kier molecular flexibility index (Phi) is 5.66. The van der Waals surface area contributed by atoms with Crippen LogP contribution in [0, 0.1) is 6.92 Å². The van der Waals surface area contributed by atoms with Crippen LogP contribution >= 0.6 is 0 Å². The monoisotopic (exact) mass is 414 g/mol. The average Bonchev–Trinajstić information content (AvgIpc) is 3.25. The first-order chi connectivity index (χ1) is 15.1. The summed E-state index contributed by atoms with van der Waals surface area (Å²) in [6.45, 7) is 1.94. The van der Waals surface area contributed by atoms with Crippen molar-refractivity contribution in [3.63, 3.8) is 0 Å². The zero-order chi connectivity index (χ0) is 21.8. The molecule has 0 aliphatic heterocycles. The van der Waals surface area contributed by atoms with Crippen LogP contribution in [0.15, 0.2) is 73.1 Å². The third-order valence-electron chi connectivity index (χ3n) is 4.79. The summed E-state index contributed by atoms with van der Waals surface area (Å²) in [6.07, 6.45) is 3.38. The molecule has 4 rings (SSSR count). The van der Waals surface area contributed by atoms with E-state index in [1.807, 2.05) is 55.5 Å². The molecule has 0 radical (unpaired) electrons. The third-order valence-corrected chi connectivity index (χ3v) is 4.79. The maximum absolute atomic E-state index is 13.2. The highest BCUT2D eigenvalue weighted by Gasteiger charge is 2.20. The molecule has 2 heterocycles. The molecule has 1 amide bonds. The highest BCUT2D eigenvalue weighted by molar-refractivity contribution is 6.07. The lowest BCUT2D eigenvalue weighted by molar-refractivity contribution is 0.102. The maximum Gasteiger partial charge on any atom is 0.260 e. The van der Waals surface area contributed by atoms with Crippen molar-refractivity contribution in [2.24, 2.45) is 0 Å². The van der Waals surface area contributed by atoms with E-state index in [2.05, 4.69) is 10.3 Å². The van der Waals surface area contributed by atoms with Gasteiger partial charge >= 0.3 is 0 Å². The van der Waals surface area contributed by atoms with Crippen LogP contribution in [0.1, 0.15) is 15.9 Å². The zero-order valence-corrected chi connectivity index (χ0v) is 17.5. The van der Waals surface area contributed by atoms with Crippen LogP contribution < -0.4 is 14.8 Å². The van der Waals surface area contributed by atoms with E-state index in [1.54, 1.807) is 43.4 Å². The first-order valence-corrected chi connectivity index (χ1v) is 9.70. The van der Waals surface area contributed by atoms with Crippen molar-refractivity contribution >= 4 is 11.7 Å². The molecule has 156 valence electrons. The molecule has 4 aromatic rings. The molecule has 0 saturated carbocycles. The van der Waals surface area contributed by atoms with Crippen molar-refractivity contribution in [2.45, 2.75) is 6.92 Å². The number of aromatic nitrogens is 3. The van der Waals surface area contributed by atoms with Crippen molar-refractivity contribution in [1.82, 2.24) is 14.8 Å². The fraction of sp³-hybridized carbons (Fsp3) is 0.125. The highest BCUT2D eigenvalue weighted by Crippen LogP contribution is 2.33. The molecule has 7 heteroatoms. The molecule has 0 spiro atoms. The van der Waals surface area contributed by atoms with E-state index < -0.39 is 0 Å². The van der Waals surface area contributed by atoms with Gasteiger partial charge in [0.2, 0.25) is 0 Å². The Morgan fingerprint density at radius 1 is 0.968 bits per heavy atom. The van der Waals surface area contributed by atoms with Gasteiger partial charge < -0.3 is 14.8 Å². The number of benzene rings is 2. The maximum atomic E-state index is 13.2. The molecule has 0 aliphatic rings. The molecule has 0 fully saturated rings. The molecular weight excluding hydrogens is 392 g/mol. The smallest absolute Gasteiger partial charge is 0.260 e. The second-order valence-corrected chi connectivity index (χ2v) is 6.91. The van der Waals surface area contributed by atoms with Gasteiger partial charge in [0.1, 0.15) is 11.5 Å². The Morgan fingerprint density at radius 3 is 2.45 bits per heavy atom. The summed E-state index contributed by atoms with van der Waals surface area (Å²) < 4.78 is 12.4. The van der Waals surface area contributed by atoms with Crippen molar-refractivity contribution < 1.29 is 14.3 Å². The van der Waals surface area contributed by atoms with Crippen LogP contribution in [-0.4, -0.2) is 34.9 Å². The summed E-state index contributed by atoms with van der Waals surface area (Å²) in [7, 11) is 3.15. The van der Waals surface area contributed by atoms with E-state index >= 15 is 0 Å². The van der Waals surface area contributed by atoms with Crippen LogP contribution in [0.4, 0.5) is 5.82 Å². The fourth-order valence-electron chi connectivity index (χ4n) is 3.24. The first-order valence-electron chi connectivity index (χ1n) is 9.70. The number of carbonyl (C=O) groups excluding carboxylic acids is 1. The lowest BCUT2D eigenvalue weighted by Crippen LogP contribution is -2.13. The molecule has 0 aliphatic carbocycles. The summed E-state index contributed by atoms with van der Waals surface area (Å²) >= 11 is 0. The number of ether oxygens (including phenoxy) is 2. The number of rotatable bonds is 6. The van der Waals surface area contributed by atoms with Gasteiger partial charge in [0.25, 0.3) is 5.91 Å². The Balaban J connectivity index is 1.79. The quantitative estimate of drug-likeness (QED) is 0.502. The number of methoxy groups -OCH3 is 2. The number of aryl methyl sites for hydroxylation is 1. The Bertz CT molecular complexity index is 1220. The number of anilines is 1. The van der Waals surface area contributed by atoms with Crippen molar-refractivity contribution in [3.8, 4) is 28.4 Å². The molecule has 2 aromatic heterocycles. The minimum atomic E-state index is -0.301. The summed E-state index contributed by atoms with van der Waals surface area (Å²) in [5.41, 5.74) is 3.52. The number of nitrogens with zero attached hydrogens (tertiary/aromatic N) is 3. The van der Waals surface area contributed by atoms with Crippen LogP contribution in [0.3, 0.4) is 0 Å². The number of para-hydroxylation sites is 1. The van der Waals surface area contributed by atoms with Crippen molar-refractivity contribution in [3.05, 3.63) is 84.2 Å². The van der Waals surface area contributed by atoms with Gasteiger partial charge in [-0.1, -0.05) is 18.2 Å². The van der Waals surface area contributed by atoms with E-state index in [0.717, 1.165) is 16.8 Å². The average molecular weight is 414 g/mol. The second kappa shape index (κ2) is 8.71. The van der Waals surface area contributed by atoms with Crippen LogP contribution in [0.2, 0.25) is 0 Å². The molecule has 0 atom stereocenters. The standard InChI is InChI=1S/C24H22N4O3/c1-16-11-12-25-22(13-16)26-24(29)19-15-28(18-7-5-4-6-8-18)27-23(19)17-9-10-20(30-2)21(14-17)31-3/h4-15H,1-3H3,(H,25,26,29). The summed E-state index contributed by atoms with van der Waals surface area (Å²) in [5, 5.41) is 7.57. The van der Waals surface area contributed by atoms with Gasteiger partial charge in [0.15, 0.2) is 11.5 Å². The van der Waals surface area contributed by atoms with Crippen LogP contribution in [0.25, 0.3) is 16.9 Å². The highest BCUT2D eigenvalue weighted by atomic mass is 16.5. The lowest BCUT2D eigenvalue weighted by Gasteiger charge is -2.09. The van der Waals surface area contributed by atoms with Gasteiger partial charge in [-0.05, 0) is 55.0 Å². The first kappa shape index (κ1) is 20.2. The second-order valence-electron chi connectivity index (χ2n) is 6.91.